The van der Waals surface area contributed by atoms with Gasteiger partial charge in [0, 0.05) is 17.2 Å². The van der Waals surface area contributed by atoms with E-state index >= 15 is 0 Å². The Morgan fingerprint density at radius 3 is 2.39 bits per heavy atom. The lowest BCUT2D eigenvalue weighted by Gasteiger charge is -2.09. The number of nitro benzene ring substituents is 1. The average molecular weight is 490 g/mol. The highest BCUT2D eigenvalue weighted by atomic mass is 35.5. The molecule has 0 heterocycles. The molecule has 3 rings (SSSR count). The minimum atomic E-state index is -0.718. The maximum absolute atomic E-state index is 12.3. The predicted molar refractivity (Wildman–Crippen MR) is 123 cm³/mol. The summed E-state index contributed by atoms with van der Waals surface area (Å²) in [5.74, 6) is -0.0706. The van der Waals surface area contributed by atoms with E-state index in [1.54, 1.807) is 30.3 Å². The first-order chi connectivity index (χ1) is 15.8. The first kappa shape index (κ1) is 23.8. The lowest BCUT2D eigenvalue weighted by molar-refractivity contribution is -0.384. The highest BCUT2D eigenvalue weighted by Crippen LogP contribution is 2.29. The summed E-state index contributed by atoms with van der Waals surface area (Å²) in [6, 6.07) is 15.1. The lowest BCUT2D eigenvalue weighted by atomic mass is 10.1. The number of methoxy groups -OCH3 is 1. The SMILES string of the molecule is COc1ccc(Cl)cc1/C(N)=N/OC(=O)c1ccc(COc2ccc([N+](=O)[O-])cc2Cl)cc1. The van der Waals surface area contributed by atoms with Crippen molar-refractivity contribution < 1.29 is 24.0 Å². The van der Waals surface area contributed by atoms with Crippen molar-refractivity contribution in [2.45, 2.75) is 6.61 Å². The molecule has 0 spiro atoms. The quantitative estimate of drug-likeness (QED) is 0.155. The Hall–Kier alpha value is -3.82. The van der Waals surface area contributed by atoms with Gasteiger partial charge in [0.2, 0.25) is 0 Å². The normalized spacial score (nSPS) is 11.1. The summed E-state index contributed by atoms with van der Waals surface area (Å²) in [7, 11) is 1.47. The van der Waals surface area contributed by atoms with Gasteiger partial charge < -0.3 is 20.0 Å². The third-order valence-corrected chi connectivity index (χ3v) is 4.91. The van der Waals surface area contributed by atoms with Crippen molar-refractivity contribution in [3.63, 3.8) is 0 Å². The van der Waals surface area contributed by atoms with Gasteiger partial charge in [-0.05, 0) is 42.0 Å². The van der Waals surface area contributed by atoms with Crippen molar-refractivity contribution in [3.8, 4) is 11.5 Å². The molecule has 3 aromatic carbocycles. The molecule has 0 aromatic heterocycles. The number of non-ortho nitro benzene ring substituents is 1. The van der Waals surface area contributed by atoms with Crippen molar-refractivity contribution in [1.29, 1.82) is 0 Å². The minimum absolute atomic E-state index is 0.0762. The molecule has 11 heteroatoms. The second kappa shape index (κ2) is 10.7. The summed E-state index contributed by atoms with van der Waals surface area (Å²) >= 11 is 12.0. The van der Waals surface area contributed by atoms with Crippen LogP contribution < -0.4 is 15.2 Å². The number of nitro groups is 1. The number of hydrogen-bond donors (Lipinski definition) is 1. The zero-order valence-electron chi connectivity index (χ0n) is 17.2. The maximum atomic E-state index is 12.3. The van der Waals surface area contributed by atoms with Gasteiger partial charge in [-0.15, -0.1) is 0 Å². The predicted octanol–water partition coefficient (Wildman–Crippen LogP) is 4.97. The molecule has 0 unspecified atom stereocenters. The monoisotopic (exact) mass is 489 g/mol. The van der Waals surface area contributed by atoms with Crippen LogP contribution in [-0.4, -0.2) is 23.8 Å². The minimum Gasteiger partial charge on any atom is -0.496 e. The van der Waals surface area contributed by atoms with Gasteiger partial charge in [-0.25, -0.2) is 4.79 Å². The number of nitrogens with two attached hydrogens (primary N) is 1. The summed E-state index contributed by atoms with van der Waals surface area (Å²) in [6.07, 6.45) is 0. The fraction of sp³-hybridized carbons (Fsp3) is 0.0909. The third kappa shape index (κ3) is 6.12. The van der Waals surface area contributed by atoms with Crippen LogP contribution in [0.15, 0.2) is 65.8 Å². The number of benzene rings is 3. The molecule has 33 heavy (non-hydrogen) atoms. The molecule has 0 atom stereocenters. The van der Waals surface area contributed by atoms with Crippen LogP contribution in [0.1, 0.15) is 21.5 Å². The molecule has 0 saturated carbocycles. The Morgan fingerprint density at radius 2 is 1.76 bits per heavy atom. The standard InChI is InChI=1S/C22H17Cl2N3O6/c1-31-19-8-6-15(23)10-17(19)21(25)26-33-22(28)14-4-2-13(3-5-14)12-32-20-9-7-16(27(29)30)11-18(20)24/h2-11H,12H2,1H3,(H2,25,26). The second-order valence-corrected chi connectivity index (χ2v) is 7.40. The fourth-order valence-electron chi connectivity index (χ4n) is 2.69. The van der Waals surface area contributed by atoms with E-state index in [4.69, 9.17) is 43.2 Å². The Kier molecular flexibility index (Phi) is 7.70. The molecule has 2 N–H and O–H groups in total. The van der Waals surface area contributed by atoms with E-state index in [9.17, 15) is 14.9 Å². The van der Waals surface area contributed by atoms with Crippen LogP contribution in [0.4, 0.5) is 5.69 Å². The Labute approximate surface area is 198 Å². The molecule has 170 valence electrons. The fourth-order valence-corrected chi connectivity index (χ4v) is 3.09. The van der Waals surface area contributed by atoms with E-state index in [1.165, 1.54) is 37.4 Å². The van der Waals surface area contributed by atoms with Crippen LogP contribution in [0.5, 0.6) is 11.5 Å². The number of nitrogens with zero attached hydrogens (tertiary/aromatic N) is 2. The van der Waals surface area contributed by atoms with Crippen LogP contribution >= 0.6 is 23.2 Å². The van der Waals surface area contributed by atoms with Gasteiger partial charge in [0.15, 0.2) is 5.84 Å². The Morgan fingerprint density at radius 1 is 1.06 bits per heavy atom. The molecule has 0 radical (unpaired) electrons. The topological polar surface area (TPSA) is 126 Å². The zero-order valence-corrected chi connectivity index (χ0v) is 18.7. The van der Waals surface area contributed by atoms with Gasteiger partial charge in [-0.2, -0.15) is 0 Å². The summed E-state index contributed by atoms with van der Waals surface area (Å²) in [5, 5.41) is 15.0. The number of ether oxygens (including phenoxy) is 2. The first-order valence-electron chi connectivity index (χ1n) is 9.33. The smallest absolute Gasteiger partial charge is 0.365 e. The molecule has 0 aliphatic carbocycles. The zero-order chi connectivity index (χ0) is 24.0. The summed E-state index contributed by atoms with van der Waals surface area (Å²) in [4.78, 5) is 27.4. The van der Waals surface area contributed by atoms with Crippen molar-refractivity contribution in [1.82, 2.24) is 0 Å². The van der Waals surface area contributed by atoms with Gasteiger partial charge in [0.05, 0.1) is 28.2 Å². The van der Waals surface area contributed by atoms with E-state index in [0.717, 1.165) is 5.56 Å². The number of carbonyl (C=O) groups is 1. The number of hydrogen-bond acceptors (Lipinski definition) is 7. The van der Waals surface area contributed by atoms with E-state index < -0.39 is 10.9 Å². The summed E-state index contributed by atoms with van der Waals surface area (Å²) < 4.78 is 10.8. The van der Waals surface area contributed by atoms with Crippen LogP contribution in [-0.2, 0) is 11.4 Å². The highest BCUT2D eigenvalue weighted by molar-refractivity contribution is 6.32. The first-order valence-corrected chi connectivity index (χ1v) is 10.1. The molecule has 0 aliphatic rings. The number of rotatable bonds is 8. The second-order valence-electron chi connectivity index (χ2n) is 6.56. The molecular formula is C22H17Cl2N3O6. The number of oxime groups is 1. The van der Waals surface area contributed by atoms with Crippen molar-refractivity contribution in [2.24, 2.45) is 10.9 Å². The van der Waals surface area contributed by atoms with Gasteiger partial charge in [-0.3, -0.25) is 10.1 Å². The summed E-state index contributed by atoms with van der Waals surface area (Å²) in [5.41, 5.74) is 7.11. The van der Waals surface area contributed by atoms with Crippen molar-refractivity contribution in [3.05, 3.63) is 97.5 Å². The molecule has 0 saturated heterocycles. The van der Waals surface area contributed by atoms with E-state index in [2.05, 4.69) is 5.16 Å². The lowest BCUT2D eigenvalue weighted by Crippen LogP contribution is -2.16. The van der Waals surface area contributed by atoms with Crippen LogP contribution in [0.25, 0.3) is 0 Å². The van der Waals surface area contributed by atoms with Crippen LogP contribution in [0.2, 0.25) is 10.0 Å². The third-order valence-electron chi connectivity index (χ3n) is 4.37. The van der Waals surface area contributed by atoms with Crippen molar-refractivity contribution >= 4 is 40.7 Å². The molecular weight excluding hydrogens is 473 g/mol. The number of halogens is 2. The molecule has 0 aliphatic heterocycles. The number of amidine groups is 1. The number of carbonyl (C=O) groups excluding carboxylic acids is 1. The average Bonchev–Trinajstić information content (AvgIpc) is 2.81. The Bertz CT molecular complexity index is 1220. The van der Waals surface area contributed by atoms with Gasteiger partial charge in [-0.1, -0.05) is 40.5 Å². The van der Waals surface area contributed by atoms with E-state index in [-0.39, 0.29) is 28.7 Å². The van der Waals surface area contributed by atoms with Crippen LogP contribution in [0, 0.1) is 10.1 Å². The molecule has 0 amide bonds. The largest absolute Gasteiger partial charge is 0.496 e. The van der Waals surface area contributed by atoms with Crippen LogP contribution in [0.3, 0.4) is 0 Å². The molecule has 9 nitrogen and oxygen atoms in total. The highest BCUT2D eigenvalue weighted by Gasteiger charge is 2.13. The van der Waals surface area contributed by atoms with E-state index in [0.29, 0.717) is 22.1 Å². The molecule has 0 fully saturated rings. The van der Waals surface area contributed by atoms with Gasteiger partial charge >= 0.3 is 5.97 Å². The van der Waals surface area contributed by atoms with E-state index in [1.807, 2.05) is 0 Å². The maximum Gasteiger partial charge on any atom is 0.365 e. The van der Waals surface area contributed by atoms with Gasteiger partial charge in [0.25, 0.3) is 5.69 Å². The molecule has 3 aromatic rings. The van der Waals surface area contributed by atoms with Crippen molar-refractivity contribution in [2.75, 3.05) is 7.11 Å². The Balaban J connectivity index is 1.62. The molecule has 0 bridgehead atoms. The van der Waals surface area contributed by atoms with Gasteiger partial charge in [0.1, 0.15) is 18.1 Å². The summed E-state index contributed by atoms with van der Waals surface area (Å²) in [6.45, 7) is 0.131.